The number of fused-ring (bicyclic) bond motifs is 1. The van der Waals surface area contributed by atoms with Gasteiger partial charge in [0.25, 0.3) is 0 Å². The second kappa shape index (κ2) is 6.41. The first-order valence-corrected chi connectivity index (χ1v) is 11.5. The number of benzene rings is 1. The summed E-state index contributed by atoms with van der Waals surface area (Å²) in [5.41, 5.74) is 1.14. The van der Waals surface area contributed by atoms with Crippen LogP contribution in [0.3, 0.4) is 0 Å². The third-order valence-corrected chi connectivity index (χ3v) is 10.5. The maximum atomic E-state index is 13.0. The van der Waals surface area contributed by atoms with Crippen molar-refractivity contribution < 1.29 is 9.53 Å². The Morgan fingerprint density at radius 1 is 1.08 bits per heavy atom. The Balaban J connectivity index is 1.29. The number of nitrogens with one attached hydrogen (secondary N) is 1. The Kier molecular flexibility index (Phi) is 4.20. The minimum Gasteiger partial charge on any atom is -0.493 e. The van der Waals surface area contributed by atoms with Crippen LogP contribution in [0.5, 0.6) is 5.75 Å². The van der Waals surface area contributed by atoms with Gasteiger partial charge in [0.2, 0.25) is 5.91 Å². The van der Waals surface area contributed by atoms with Crippen molar-refractivity contribution in [3.8, 4) is 5.75 Å². The first-order chi connectivity index (χ1) is 12.3. The molecule has 2 saturated carbocycles. The lowest BCUT2D eigenvalue weighted by Crippen LogP contribution is -2.44. The van der Waals surface area contributed by atoms with E-state index in [1.807, 2.05) is 18.2 Å². The van der Waals surface area contributed by atoms with Crippen LogP contribution in [0.4, 0.5) is 0 Å². The van der Waals surface area contributed by atoms with E-state index in [1.165, 1.54) is 24.3 Å². The van der Waals surface area contributed by atoms with E-state index in [4.69, 9.17) is 4.74 Å². The maximum absolute atomic E-state index is 13.0. The summed E-state index contributed by atoms with van der Waals surface area (Å²) in [5.74, 6) is 5.49. The number of para-hydroxylation sites is 1. The molecule has 25 heavy (non-hydrogen) atoms. The third-order valence-electron chi connectivity index (χ3n) is 6.52. The molecule has 1 amide bonds. The highest BCUT2D eigenvalue weighted by Crippen LogP contribution is 2.65. The van der Waals surface area contributed by atoms with Crippen LogP contribution in [0, 0.1) is 17.8 Å². The monoisotopic (exact) mass is 375 g/mol. The summed E-state index contributed by atoms with van der Waals surface area (Å²) in [6.45, 7) is 0.689. The van der Waals surface area contributed by atoms with Crippen molar-refractivity contribution in [3.05, 3.63) is 29.8 Å². The summed E-state index contributed by atoms with van der Waals surface area (Å²) < 4.78 is 6.19. The van der Waals surface area contributed by atoms with Crippen LogP contribution in [0.15, 0.2) is 24.3 Å². The Labute approximate surface area is 158 Å². The number of hydrogen-bond donors (Lipinski definition) is 1. The van der Waals surface area contributed by atoms with Gasteiger partial charge in [-0.25, -0.2) is 0 Å². The summed E-state index contributed by atoms with van der Waals surface area (Å²) in [5, 5.41) is 3.36. The zero-order valence-electron chi connectivity index (χ0n) is 14.4. The average Bonchev–Trinajstić information content (AvgIpc) is 3.17. The van der Waals surface area contributed by atoms with E-state index in [2.05, 4.69) is 34.9 Å². The average molecular weight is 376 g/mol. The quantitative estimate of drug-likeness (QED) is 0.839. The van der Waals surface area contributed by atoms with Crippen molar-refractivity contribution in [1.82, 2.24) is 5.32 Å². The van der Waals surface area contributed by atoms with Crippen molar-refractivity contribution in [1.29, 1.82) is 0 Å². The van der Waals surface area contributed by atoms with Crippen LogP contribution >= 0.6 is 23.5 Å². The van der Waals surface area contributed by atoms with Gasteiger partial charge in [0.15, 0.2) is 0 Å². The minimum absolute atomic E-state index is 0.112. The molecule has 134 valence electrons. The summed E-state index contributed by atoms with van der Waals surface area (Å²) >= 11 is 4.40. The normalized spacial score (nSPS) is 35.2. The predicted octanol–water partition coefficient (Wildman–Crippen LogP) is 4.24. The molecular formula is C20H25NO2S2. The van der Waals surface area contributed by atoms with Gasteiger partial charge in [0.05, 0.1) is 16.7 Å². The predicted molar refractivity (Wildman–Crippen MR) is 104 cm³/mol. The number of carbonyl (C=O) groups is 1. The molecule has 4 atom stereocenters. The maximum Gasteiger partial charge on any atom is 0.223 e. The smallest absolute Gasteiger partial charge is 0.223 e. The molecule has 0 aromatic heterocycles. The molecule has 1 unspecified atom stereocenters. The van der Waals surface area contributed by atoms with Gasteiger partial charge in [0, 0.05) is 29.4 Å². The zero-order chi connectivity index (χ0) is 16.9. The van der Waals surface area contributed by atoms with E-state index in [0.29, 0.717) is 10.7 Å². The lowest BCUT2D eigenvalue weighted by molar-refractivity contribution is -0.127. The molecule has 3 nitrogen and oxygen atoms in total. The number of rotatable bonds is 2. The Morgan fingerprint density at radius 2 is 1.80 bits per heavy atom. The molecule has 3 fully saturated rings. The Hall–Kier alpha value is -0.810. The molecule has 5 heteroatoms. The van der Waals surface area contributed by atoms with Gasteiger partial charge in [-0.1, -0.05) is 18.2 Å². The molecule has 2 heterocycles. The Morgan fingerprint density at radius 3 is 2.56 bits per heavy atom. The fourth-order valence-corrected chi connectivity index (χ4v) is 9.33. The molecule has 1 N–H and O–H groups in total. The molecule has 2 bridgehead atoms. The molecule has 1 saturated heterocycles. The molecule has 2 aliphatic heterocycles. The molecule has 1 aromatic carbocycles. The van der Waals surface area contributed by atoms with Crippen molar-refractivity contribution in [2.45, 2.75) is 42.2 Å². The van der Waals surface area contributed by atoms with Crippen LogP contribution in [0.25, 0.3) is 0 Å². The molecule has 1 aromatic rings. The van der Waals surface area contributed by atoms with Crippen LogP contribution in [-0.4, -0.2) is 28.1 Å². The van der Waals surface area contributed by atoms with Crippen LogP contribution in [-0.2, 0) is 4.79 Å². The van der Waals surface area contributed by atoms with Crippen molar-refractivity contribution in [2.24, 2.45) is 17.8 Å². The van der Waals surface area contributed by atoms with Gasteiger partial charge in [-0.15, -0.1) is 23.5 Å². The standard InChI is InChI=1S/C20H25NO2S2/c22-19(21-17-7-8-23-18-4-2-1-3-16(17)18)13-11-14-5-6-15(12-13)20(14)24-9-10-25-20/h1-4,13-15,17H,5-12H2,(H,21,22)/t13?,14-,15+,17-/m1/s1. The fraction of sp³-hybridized carbons (Fsp3) is 0.650. The minimum atomic E-state index is 0.112. The van der Waals surface area contributed by atoms with Crippen molar-refractivity contribution >= 4 is 29.4 Å². The topological polar surface area (TPSA) is 38.3 Å². The molecule has 2 aliphatic carbocycles. The van der Waals surface area contributed by atoms with Crippen LogP contribution < -0.4 is 10.1 Å². The number of carbonyl (C=O) groups excluding carboxylic acids is 1. The highest BCUT2D eigenvalue weighted by atomic mass is 32.2. The van der Waals surface area contributed by atoms with Crippen molar-refractivity contribution in [3.63, 3.8) is 0 Å². The highest BCUT2D eigenvalue weighted by molar-refractivity contribution is 8.21. The highest BCUT2D eigenvalue weighted by Gasteiger charge is 2.57. The van der Waals surface area contributed by atoms with E-state index in [0.717, 1.165) is 42.4 Å². The number of ether oxygens (including phenoxy) is 1. The lowest BCUT2D eigenvalue weighted by Gasteiger charge is -2.42. The number of amides is 1. The number of hydrogen-bond acceptors (Lipinski definition) is 4. The third kappa shape index (κ3) is 2.69. The number of thioether (sulfide) groups is 2. The first kappa shape index (κ1) is 16.4. The summed E-state index contributed by atoms with van der Waals surface area (Å²) in [6, 6.07) is 8.24. The van der Waals surface area contributed by atoms with Gasteiger partial charge in [-0.2, -0.15) is 0 Å². The van der Waals surface area contributed by atoms with Gasteiger partial charge in [-0.3, -0.25) is 4.79 Å². The van der Waals surface area contributed by atoms with Gasteiger partial charge >= 0.3 is 0 Å². The van der Waals surface area contributed by atoms with Gasteiger partial charge in [-0.05, 0) is 43.6 Å². The second-order valence-electron chi connectivity index (χ2n) is 7.79. The van der Waals surface area contributed by atoms with Crippen LogP contribution in [0.1, 0.15) is 43.7 Å². The van der Waals surface area contributed by atoms with Crippen molar-refractivity contribution in [2.75, 3.05) is 18.1 Å². The molecule has 4 aliphatic rings. The lowest BCUT2D eigenvalue weighted by atomic mass is 9.79. The van der Waals surface area contributed by atoms with E-state index >= 15 is 0 Å². The first-order valence-electron chi connectivity index (χ1n) is 9.56. The van der Waals surface area contributed by atoms with Crippen LogP contribution in [0.2, 0.25) is 0 Å². The zero-order valence-corrected chi connectivity index (χ0v) is 16.0. The summed E-state index contributed by atoms with van der Waals surface area (Å²) in [7, 11) is 0. The molecule has 1 spiro atoms. The van der Waals surface area contributed by atoms with Gasteiger partial charge < -0.3 is 10.1 Å². The molecule has 5 rings (SSSR count). The largest absolute Gasteiger partial charge is 0.493 e. The molecule has 0 radical (unpaired) electrons. The van der Waals surface area contributed by atoms with Gasteiger partial charge in [0.1, 0.15) is 5.75 Å². The summed E-state index contributed by atoms with van der Waals surface area (Å²) in [4.78, 5) is 13.0. The second-order valence-corrected chi connectivity index (χ2v) is 10.8. The molecular weight excluding hydrogens is 350 g/mol. The van der Waals surface area contributed by atoms with E-state index < -0.39 is 0 Å². The van der Waals surface area contributed by atoms with E-state index in [1.54, 1.807) is 0 Å². The fourth-order valence-electron chi connectivity index (χ4n) is 5.40. The van der Waals surface area contributed by atoms with E-state index in [-0.39, 0.29) is 17.9 Å². The van der Waals surface area contributed by atoms with E-state index in [9.17, 15) is 4.79 Å². The SMILES string of the molecule is O=C(N[C@@H]1CCOc2ccccc21)C1C[C@H]2CC[C@@H](C1)C21SCCS1. The Bertz CT molecular complexity index is 657. The summed E-state index contributed by atoms with van der Waals surface area (Å²) in [6.07, 6.45) is 5.71.